The second-order valence-corrected chi connectivity index (χ2v) is 6.39. The number of ether oxygens (including phenoxy) is 1. The average molecular weight is 403 g/mol. The minimum atomic E-state index is -0.284. The Balaban J connectivity index is 1.58. The van der Waals surface area contributed by atoms with Gasteiger partial charge in [0.1, 0.15) is 11.6 Å². The molecule has 0 aliphatic heterocycles. The lowest BCUT2D eigenvalue weighted by Crippen LogP contribution is -2.20. The Morgan fingerprint density at radius 2 is 2.00 bits per heavy atom. The fourth-order valence-corrected chi connectivity index (χ4v) is 2.64. The van der Waals surface area contributed by atoms with Gasteiger partial charge in [0.25, 0.3) is 0 Å². The van der Waals surface area contributed by atoms with Crippen molar-refractivity contribution in [3.05, 3.63) is 70.0 Å². The number of hydrogen-bond donors (Lipinski definition) is 2. The standard InChI is InChI=1S/C19H16Cl2N4O2/c1-27-15-6-2-12(3-7-15)19-23-17(24-25-19)11-22-18(26)9-4-13-10-14(20)5-8-16(13)21/h2-10H,11H2,1H3,(H,22,26)(H,23,24,25)/b9-4+. The summed E-state index contributed by atoms with van der Waals surface area (Å²) in [6.45, 7) is 0.218. The Labute approximate surface area is 166 Å². The molecule has 2 aromatic carbocycles. The molecule has 0 saturated heterocycles. The summed E-state index contributed by atoms with van der Waals surface area (Å²) in [5, 5.41) is 10.8. The molecule has 3 rings (SSSR count). The van der Waals surface area contributed by atoms with Crippen LogP contribution in [0.2, 0.25) is 10.0 Å². The van der Waals surface area contributed by atoms with Crippen LogP contribution in [0.4, 0.5) is 0 Å². The van der Waals surface area contributed by atoms with Crippen molar-refractivity contribution in [2.75, 3.05) is 7.11 Å². The number of nitrogens with one attached hydrogen (secondary N) is 2. The number of carbonyl (C=O) groups excluding carboxylic acids is 1. The van der Waals surface area contributed by atoms with Crippen LogP contribution in [0.25, 0.3) is 17.5 Å². The summed E-state index contributed by atoms with van der Waals surface area (Å²) in [5.74, 6) is 1.56. The maximum Gasteiger partial charge on any atom is 0.244 e. The Hall–Kier alpha value is -2.83. The van der Waals surface area contributed by atoms with Gasteiger partial charge in [-0.2, -0.15) is 5.10 Å². The van der Waals surface area contributed by atoms with E-state index in [4.69, 9.17) is 27.9 Å². The molecule has 27 heavy (non-hydrogen) atoms. The third-order valence-electron chi connectivity index (χ3n) is 3.68. The molecule has 1 aromatic heterocycles. The molecule has 1 heterocycles. The van der Waals surface area contributed by atoms with Gasteiger partial charge in [-0.15, -0.1) is 0 Å². The third-order valence-corrected chi connectivity index (χ3v) is 4.26. The van der Waals surface area contributed by atoms with Crippen LogP contribution in [0.5, 0.6) is 5.75 Å². The number of rotatable bonds is 6. The quantitative estimate of drug-likeness (QED) is 0.607. The van der Waals surface area contributed by atoms with Crippen LogP contribution in [0.1, 0.15) is 11.4 Å². The molecule has 0 radical (unpaired) electrons. The fraction of sp³-hybridized carbons (Fsp3) is 0.105. The second kappa shape index (κ2) is 8.70. The van der Waals surface area contributed by atoms with Crippen LogP contribution in [0.3, 0.4) is 0 Å². The van der Waals surface area contributed by atoms with Gasteiger partial charge in [0.15, 0.2) is 5.82 Å². The number of H-pyrrole nitrogens is 1. The normalized spacial score (nSPS) is 10.9. The molecule has 0 spiro atoms. The van der Waals surface area contributed by atoms with Crippen LogP contribution in [-0.4, -0.2) is 28.2 Å². The van der Waals surface area contributed by atoms with Gasteiger partial charge in [-0.25, -0.2) is 4.98 Å². The molecule has 0 bridgehead atoms. The zero-order valence-electron chi connectivity index (χ0n) is 14.4. The number of nitrogens with zero attached hydrogens (tertiary/aromatic N) is 2. The molecule has 0 aliphatic carbocycles. The number of halogens is 2. The van der Waals surface area contributed by atoms with E-state index in [9.17, 15) is 4.79 Å². The van der Waals surface area contributed by atoms with E-state index in [0.717, 1.165) is 11.3 Å². The maximum absolute atomic E-state index is 12.0. The molecule has 3 aromatic rings. The molecule has 2 N–H and O–H groups in total. The lowest BCUT2D eigenvalue weighted by molar-refractivity contribution is -0.116. The first-order chi connectivity index (χ1) is 13.0. The smallest absolute Gasteiger partial charge is 0.244 e. The van der Waals surface area contributed by atoms with Crippen LogP contribution < -0.4 is 10.1 Å². The van der Waals surface area contributed by atoms with E-state index in [1.807, 2.05) is 24.3 Å². The van der Waals surface area contributed by atoms with Crippen molar-refractivity contribution in [1.82, 2.24) is 20.5 Å². The van der Waals surface area contributed by atoms with Gasteiger partial charge in [0, 0.05) is 21.7 Å². The molecular weight excluding hydrogens is 387 g/mol. The first kappa shape index (κ1) is 18.9. The van der Waals surface area contributed by atoms with Gasteiger partial charge < -0.3 is 10.1 Å². The largest absolute Gasteiger partial charge is 0.497 e. The number of amides is 1. The molecule has 0 unspecified atom stereocenters. The van der Waals surface area contributed by atoms with Crippen molar-refractivity contribution in [2.24, 2.45) is 0 Å². The predicted octanol–water partition coefficient (Wildman–Crippen LogP) is 4.12. The molecule has 0 fully saturated rings. The van der Waals surface area contributed by atoms with Gasteiger partial charge in [0.05, 0.1) is 13.7 Å². The minimum absolute atomic E-state index is 0.218. The van der Waals surface area contributed by atoms with Crippen molar-refractivity contribution in [3.63, 3.8) is 0 Å². The minimum Gasteiger partial charge on any atom is -0.497 e. The first-order valence-corrected chi connectivity index (χ1v) is 8.77. The van der Waals surface area contributed by atoms with Gasteiger partial charge >= 0.3 is 0 Å². The Kier molecular flexibility index (Phi) is 6.11. The summed E-state index contributed by atoms with van der Waals surface area (Å²) in [4.78, 5) is 16.4. The highest BCUT2D eigenvalue weighted by atomic mass is 35.5. The van der Waals surface area contributed by atoms with Crippen molar-refractivity contribution < 1.29 is 9.53 Å². The molecule has 0 atom stereocenters. The van der Waals surface area contributed by atoms with E-state index >= 15 is 0 Å². The lowest BCUT2D eigenvalue weighted by atomic mass is 10.2. The molecular formula is C19H16Cl2N4O2. The van der Waals surface area contributed by atoms with Crippen molar-refractivity contribution in [2.45, 2.75) is 6.54 Å². The Morgan fingerprint density at radius 1 is 1.22 bits per heavy atom. The molecule has 1 amide bonds. The summed E-state index contributed by atoms with van der Waals surface area (Å²) in [5.41, 5.74) is 1.51. The molecule has 8 heteroatoms. The third kappa shape index (κ3) is 5.09. The number of aromatic amines is 1. The summed E-state index contributed by atoms with van der Waals surface area (Å²) < 4.78 is 5.13. The zero-order valence-corrected chi connectivity index (χ0v) is 15.9. The molecule has 138 valence electrons. The van der Waals surface area contributed by atoms with Gasteiger partial charge in [-0.1, -0.05) is 23.2 Å². The maximum atomic E-state index is 12.0. The van der Waals surface area contributed by atoms with Crippen molar-refractivity contribution in [1.29, 1.82) is 0 Å². The van der Waals surface area contributed by atoms with Crippen LogP contribution >= 0.6 is 23.2 Å². The van der Waals surface area contributed by atoms with Crippen LogP contribution in [-0.2, 0) is 11.3 Å². The van der Waals surface area contributed by atoms with Crippen LogP contribution in [0.15, 0.2) is 48.5 Å². The second-order valence-electron chi connectivity index (χ2n) is 5.55. The fourth-order valence-electron chi connectivity index (χ4n) is 2.28. The van der Waals surface area contributed by atoms with Crippen molar-refractivity contribution >= 4 is 35.2 Å². The van der Waals surface area contributed by atoms with E-state index in [-0.39, 0.29) is 12.5 Å². The van der Waals surface area contributed by atoms with Gasteiger partial charge in [0.2, 0.25) is 5.91 Å². The zero-order chi connectivity index (χ0) is 19.2. The Bertz CT molecular complexity index is 968. The highest BCUT2D eigenvalue weighted by Crippen LogP contribution is 2.22. The van der Waals surface area contributed by atoms with E-state index < -0.39 is 0 Å². The molecule has 0 saturated carbocycles. The Morgan fingerprint density at radius 3 is 2.74 bits per heavy atom. The van der Waals surface area contributed by atoms with E-state index in [2.05, 4.69) is 20.5 Å². The number of hydrogen-bond acceptors (Lipinski definition) is 4. The van der Waals surface area contributed by atoms with Gasteiger partial charge in [-0.05, 0) is 54.1 Å². The summed E-state index contributed by atoms with van der Waals surface area (Å²) >= 11 is 12.0. The van der Waals surface area contributed by atoms with Crippen molar-refractivity contribution in [3.8, 4) is 17.1 Å². The number of benzene rings is 2. The SMILES string of the molecule is COc1ccc(-c2n[nH]c(CNC(=O)/C=C/c3cc(Cl)ccc3Cl)n2)cc1. The summed E-state index contributed by atoms with van der Waals surface area (Å²) in [6.07, 6.45) is 2.99. The summed E-state index contributed by atoms with van der Waals surface area (Å²) in [7, 11) is 1.61. The number of methoxy groups -OCH3 is 1. The van der Waals surface area contributed by atoms with Gasteiger partial charge in [-0.3, -0.25) is 9.89 Å². The van der Waals surface area contributed by atoms with E-state index in [0.29, 0.717) is 27.3 Å². The monoisotopic (exact) mass is 402 g/mol. The summed E-state index contributed by atoms with van der Waals surface area (Å²) in [6, 6.07) is 12.4. The number of aromatic nitrogens is 3. The highest BCUT2D eigenvalue weighted by molar-refractivity contribution is 6.34. The van der Waals surface area contributed by atoms with E-state index in [1.54, 1.807) is 31.4 Å². The molecule has 0 aliphatic rings. The number of carbonyl (C=O) groups is 1. The average Bonchev–Trinajstić information content (AvgIpc) is 3.16. The predicted molar refractivity (Wildman–Crippen MR) is 106 cm³/mol. The lowest BCUT2D eigenvalue weighted by Gasteiger charge is -2.00. The molecule has 6 nitrogen and oxygen atoms in total. The highest BCUT2D eigenvalue weighted by Gasteiger charge is 2.07. The van der Waals surface area contributed by atoms with Crippen LogP contribution in [0, 0.1) is 0 Å². The topological polar surface area (TPSA) is 79.9 Å². The first-order valence-electron chi connectivity index (χ1n) is 8.02. The van der Waals surface area contributed by atoms with E-state index in [1.165, 1.54) is 6.08 Å².